The molecule has 2 aromatic carbocycles. The van der Waals surface area contributed by atoms with Gasteiger partial charge in [-0.3, -0.25) is 0 Å². The van der Waals surface area contributed by atoms with Gasteiger partial charge >= 0.3 is 0 Å². The van der Waals surface area contributed by atoms with Gasteiger partial charge in [-0.2, -0.15) is 0 Å². The largest absolute Gasteiger partial charge is 0.508 e. The summed E-state index contributed by atoms with van der Waals surface area (Å²) in [6.45, 7) is 2.86. The van der Waals surface area contributed by atoms with Crippen LogP contribution in [0, 0.1) is 5.82 Å². The van der Waals surface area contributed by atoms with E-state index < -0.39 is 0 Å². The van der Waals surface area contributed by atoms with Crippen LogP contribution in [-0.4, -0.2) is 17.7 Å². The number of halogens is 1. The molecule has 0 aliphatic heterocycles. The Morgan fingerprint density at radius 1 is 1.10 bits per heavy atom. The van der Waals surface area contributed by atoms with Crippen LogP contribution in [0.3, 0.4) is 0 Å². The highest BCUT2D eigenvalue weighted by Gasteiger charge is 2.05. The molecule has 2 N–H and O–H groups in total. The molecule has 0 radical (unpaired) electrons. The number of phenols is 1. The molecule has 1 unspecified atom stereocenters. The zero-order chi connectivity index (χ0) is 14.4. The van der Waals surface area contributed by atoms with E-state index in [2.05, 4.69) is 12.2 Å². The highest BCUT2D eigenvalue weighted by atomic mass is 19.1. The van der Waals surface area contributed by atoms with Gasteiger partial charge in [0.1, 0.15) is 11.6 Å². The molecule has 20 heavy (non-hydrogen) atoms. The second-order valence-corrected chi connectivity index (χ2v) is 5.07. The van der Waals surface area contributed by atoms with Gasteiger partial charge < -0.3 is 10.4 Å². The topological polar surface area (TPSA) is 32.3 Å². The number of phenolic OH excluding ortho intramolecular Hbond substituents is 1. The third-order valence-corrected chi connectivity index (χ3v) is 3.32. The minimum absolute atomic E-state index is 0.138. The molecule has 3 heteroatoms. The Balaban J connectivity index is 1.76. The molecule has 2 rings (SSSR count). The second-order valence-electron chi connectivity index (χ2n) is 5.07. The molecule has 1 atom stereocenters. The van der Waals surface area contributed by atoms with E-state index in [1.807, 2.05) is 24.3 Å². The van der Waals surface area contributed by atoms with E-state index >= 15 is 0 Å². The van der Waals surface area contributed by atoms with Crippen molar-refractivity contribution in [2.24, 2.45) is 0 Å². The van der Waals surface area contributed by atoms with Gasteiger partial charge in [-0.1, -0.05) is 30.3 Å². The molecular weight excluding hydrogens is 253 g/mol. The summed E-state index contributed by atoms with van der Waals surface area (Å²) in [6, 6.07) is 14.4. The number of nitrogens with one attached hydrogen (secondary N) is 1. The summed E-state index contributed by atoms with van der Waals surface area (Å²) in [4.78, 5) is 0. The van der Waals surface area contributed by atoms with E-state index in [9.17, 15) is 9.50 Å². The lowest BCUT2D eigenvalue weighted by atomic mass is 10.1. The first kappa shape index (κ1) is 14.5. The summed E-state index contributed by atoms with van der Waals surface area (Å²) in [5.41, 5.74) is 1.92. The van der Waals surface area contributed by atoms with E-state index in [0.29, 0.717) is 12.5 Å². The average Bonchev–Trinajstić information content (AvgIpc) is 2.43. The summed E-state index contributed by atoms with van der Waals surface area (Å²) in [7, 11) is 0. The maximum absolute atomic E-state index is 13.4. The number of hydrogen-bond acceptors (Lipinski definition) is 2. The van der Waals surface area contributed by atoms with Crippen LogP contribution in [0.25, 0.3) is 0 Å². The highest BCUT2D eigenvalue weighted by Crippen LogP contribution is 2.11. The average molecular weight is 273 g/mol. The number of hydrogen-bond donors (Lipinski definition) is 2. The summed E-state index contributed by atoms with van der Waals surface area (Å²) < 4.78 is 13.4. The molecule has 0 saturated heterocycles. The van der Waals surface area contributed by atoms with E-state index in [-0.39, 0.29) is 11.6 Å². The van der Waals surface area contributed by atoms with Crippen LogP contribution in [0.2, 0.25) is 0 Å². The minimum atomic E-state index is -0.138. The standard InChI is InChI=1S/C17H20FNO/c1-13(12-14-6-8-16(20)9-7-14)19-11-10-15-4-2-3-5-17(15)18/h2-9,13,19-20H,10-12H2,1H3. The Kier molecular flexibility index (Phi) is 5.13. The van der Waals surface area contributed by atoms with Crippen molar-refractivity contribution >= 4 is 0 Å². The molecule has 0 amide bonds. The number of aromatic hydroxyl groups is 1. The molecule has 2 nitrogen and oxygen atoms in total. The van der Waals surface area contributed by atoms with Crippen molar-refractivity contribution in [2.45, 2.75) is 25.8 Å². The number of benzene rings is 2. The fraction of sp³-hybridized carbons (Fsp3) is 0.294. The van der Waals surface area contributed by atoms with Crippen molar-refractivity contribution < 1.29 is 9.50 Å². The van der Waals surface area contributed by atoms with Crippen LogP contribution in [0.15, 0.2) is 48.5 Å². The van der Waals surface area contributed by atoms with Crippen LogP contribution >= 0.6 is 0 Å². The van der Waals surface area contributed by atoms with Gasteiger partial charge in [-0.15, -0.1) is 0 Å². The van der Waals surface area contributed by atoms with Gasteiger partial charge in [0, 0.05) is 6.04 Å². The maximum Gasteiger partial charge on any atom is 0.126 e. The van der Waals surface area contributed by atoms with E-state index in [4.69, 9.17) is 0 Å². The molecule has 0 fully saturated rings. The maximum atomic E-state index is 13.4. The van der Waals surface area contributed by atoms with Crippen molar-refractivity contribution in [3.63, 3.8) is 0 Å². The molecule has 0 aliphatic rings. The lowest BCUT2D eigenvalue weighted by Gasteiger charge is -2.14. The van der Waals surface area contributed by atoms with Gasteiger partial charge in [0.05, 0.1) is 0 Å². The summed E-state index contributed by atoms with van der Waals surface area (Å²) in [5, 5.41) is 12.6. The Hall–Kier alpha value is -1.87. The van der Waals surface area contributed by atoms with Crippen molar-refractivity contribution in [3.05, 3.63) is 65.5 Å². The molecule has 0 bridgehead atoms. The van der Waals surface area contributed by atoms with Gasteiger partial charge in [0.2, 0.25) is 0 Å². The number of rotatable bonds is 6. The summed E-state index contributed by atoms with van der Waals surface area (Å²) in [6.07, 6.45) is 1.57. The van der Waals surface area contributed by atoms with E-state index in [1.54, 1.807) is 18.2 Å². The molecular formula is C17H20FNO. The van der Waals surface area contributed by atoms with Crippen LogP contribution in [0.4, 0.5) is 4.39 Å². The van der Waals surface area contributed by atoms with Crippen molar-refractivity contribution in [1.82, 2.24) is 5.32 Å². The van der Waals surface area contributed by atoms with E-state index in [0.717, 1.165) is 18.5 Å². The van der Waals surface area contributed by atoms with Crippen LogP contribution in [0.1, 0.15) is 18.1 Å². The minimum Gasteiger partial charge on any atom is -0.508 e. The lowest BCUT2D eigenvalue weighted by Crippen LogP contribution is -2.30. The Bertz CT molecular complexity index is 539. The van der Waals surface area contributed by atoms with Gasteiger partial charge in [0.15, 0.2) is 0 Å². The highest BCUT2D eigenvalue weighted by molar-refractivity contribution is 5.26. The molecule has 0 spiro atoms. The summed E-state index contributed by atoms with van der Waals surface area (Å²) in [5.74, 6) is 0.148. The first-order valence-corrected chi connectivity index (χ1v) is 6.90. The molecule has 2 aromatic rings. The Morgan fingerprint density at radius 3 is 2.50 bits per heavy atom. The predicted octanol–water partition coefficient (Wildman–Crippen LogP) is 3.29. The third-order valence-electron chi connectivity index (χ3n) is 3.32. The van der Waals surface area contributed by atoms with Gasteiger partial charge in [-0.05, 0) is 55.6 Å². The van der Waals surface area contributed by atoms with Crippen LogP contribution in [0.5, 0.6) is 5.75 Å². The Labute approximate surface area is 119 Å². The van der Waals surface area contributed by atoms with Gasteiger partial charge in [0.25, 0.3) is 0 Å². The first-order valence-electron chi connectivity index (χ1n) is 6.90. The molecule has 106 valence electrons. The zero-order valence-corrected chi connectivity index (χ0v) is 11.6. The molecule has 0 heterocycles. The fourth-order valence-electron chi connectivity index (χ4n) is 2.21. The van der Waals surface area contributed by atoms with Crippen molar-refractivity contribution in [3.8, 4) is 5.75 Å². The van der Waals surface area contributed by atoms with Crippen LogP contribution in [-0.2, 0) is 12.8 Å². The van der Waals surface area contributed by atoms with Crippen LogP contribution < -0.4 is 5.32 Å². The SMILES string of the molecule is CC(Cc1ccc(O)cc1)NCCc1ccccc1F. The molecule has 0 saturated carbocycles. The first-order chi connectivity index (χ1) is 9.65. The van der Waals surface area contributed by atoms with E-state index in [1.165, 1.54) is 11.6 Å². The zero-order valence-electron chi connectivity index (χ0n) is 11.6. The monoisotopic (exact) mass is 273 g/mol. The fourth-order valence-corrected chi connectivity index (χ4v) is 2.21. The second kappa shape index (κ2) is 7.06. The molecule has 0 aromatic heterocycles. The smallest absolute Gasteiger partial charge is 0.126 e. The Morgan fingerprint density at radius 2 is 1.80 bits per heavy atom. The third kappa shape index (κ3) is 4.35. The normalized spacial score (nSPS) is 12.3. The quantitative estimate of drug-likeness (QED) is 0.846. The van der Waals surface area contributed by atoms with Crippen molar-refractivity contribution in [2.75, 3.05) is 6.54 Å². The lowest BCUT2D eigenvalue weighted by molar-refractivity contribution is 0.474. The molecule has 0 aliphatic carbocycles. The van der Waals surface area contributed by atoms with Crippen molar-refractivity contribution in [1.29, 1.82) is 0 Å². The summed E-state index contributed by atoms with van der Waals surface area (Å²) >= 11 is 0. The predicted molar refractivity (Wildman–Crippen MR) is 79.4 cm³/mol. The van der Waals surface area contributed by atoms with Gasteiger partial charge in [-0.25, -0.2) is 4.39 Å².